The van der Waals surface area contributed by atoms with Crippen LogP contribution in [0.5, 0.6) is 0 Å². The molecule has 0 saturated heterocycles. The summed E-state index contributed by atoms with van der Waals surface area (Å²) in [4.78, 5) is 21.2. The molecule has 1 heterocycles. The van der Waals surface area contributed by atoms with Gasteiger partial charge >= 0.3 is 0 Å². The summed E-state index contributed by atoms with van der Waals surface area (Å²) in [7, 11) is 0. The molecule has 1 N–H and O–H groups in total. The standard InChI is InChI=1S/C7H9N3O.C2H6.H2/c1-3-8-6-5(2)9-4-10-7(6)11;1-2;/h3-4H,1-2H3,(H,9,10,11);1-2H3;1H. The van der Waals surface area contributed by atoms with E-state index in [0.717, 1.165) is 0 Å². The second kappa shape index (κ2) is 6.11. The molecule has 0 atom stereocenters. The van der Waals surface area contributed by atoms with E-state index in [1.165, 1.54) is 6.33 Å². The van der Waals surface area contributed by atoms with Crippen molar-refractivity contribution >= 4 is 11.9 Å². The van der Waals surface area contributed by atoms with Gasteiger partial charge in [-0.25, -0.2) is 4.98 Å². The Hall–Kier alpha value is -1.45. The third-order valence-electron chi connectivity index (χ3n) is 1.27. The van der Waals surface area contributed by atoms with Crippen LogP contribution in [0.25, 0.3) is 0 Å². The number of nitrogens with zero attached hydrogens (tertiary/aromatic N) is 2. The van der Waals surface area contributed by atoms with E-state index in [4.69, 9.17) is 0 Å². The topological polar surface area (TPSA) is 58.1 Å². The quantitative estimate of drug-likeness (QED) is 0.677. The summed E-state index contributed by atoms with van der Waals surface area (Å²) in [6.45, 7) is 7.50. The minimum atomic E-state index is -0.199. The Kier molecular flexibility index (Phi) is 5.43. The fourth-order valence-corrected chi connectivity index (χ4v) is 0.763. The number of hydrogen-bond acceptors (Lipinski definition) is 3. The van der Waals surface area contributed by atoms with E-state index in [2.05, 4.69) is 15.0 Å². The van der Waals surface area contributed by atoms with Gasteiger partial charge in [0.2, 0.25) is 0 Å². The summed E-state index contributed by atoms with van der Waals surface area (Å²) in [5.74, 6) is 0. The highest BCUT2D eigenvalue weighted by molar-refractivity contribution is 5.60. The second-order valence-corrected chi connectivity index (χ2v) is 2.05. The van der Waals surface area contributed by atoms with Crippen LogP contribution in [0.2, 0.25) is 0 Å². The monoisotopic (exact) mass is 183 g/mol. The van der Waals surface area contributed by atoms with E-state index < -0.39 is 0 Å². The van der Waals surface area contributed by atoms with Crippen molar-refractivity contribution in [2.24, 2.45) is 4.99 Å². The highest BCUT2D eigenvalue weighted by Crippen LogP contribution is 2.05. The molecular formula is C9H17N3O. The number of rotatable bonds is 1. The first kappa shape index (κ1) is 11.6. The van der Waals surface area contributed by atoms with Crippen LogP contribution in [0.1, 0.15) is 27.9 Å². The van der Waals surface area contributed by atoms with Gasteiger partial charge in [-0.3, -0.25) is 9.79 Å². The average molecular weight is 183 g/mol. The van der Waals surface area contributed by atoms with Crippen molar-refractivity contribution in [3.05, 3.63) is 22.4 Å². The number of hydrogen-bond donors (Lipinski definition) is 1. The zero-order chi connectivity index (χ0) is 10.3. The number of aromatic nitrogens is 2. The molecule has 13 heavy (non-hydrogen) atoms. The molecule has 4 nitrogen and oxygen atoms in total. The van der Waals surface area contributed by atoms with Crippen molar-refractivity contribution in [2.75, 3.05) is 0 Å². The summed E-state index contributed by atoms with van der Waals surface area (Å²) in [5.41, 5.74) is 0.831. The Morgan fingerprint density at radius 3 is 2.69 bits per heavy atom. The lowest BCUT2D eigenvalue weighted by Crippen LogP contribution is -2.06. The maximum atomic E-state index is 11.0. The normalized spacial score (nSPS) is 9.54. The van der Waals surface area contributed by atoms with Gasteiger partial charge in [-0.15, -0.1) is 0 Å². The predicted octanol–water partition coefficient (Wildman–Crippen LogP) is 2.07. The maximum absolute atomic E-state index is 11.0. The molecule has 74 valence electrons. The lowest BCUT2D eigenvalue weighted by atomic mass is 10.4. The van der Waals surface area contributed by atoms with E-state index in [9.17, 15) is 4.79 Å². The van der Waals surface area contributed by atoms with Gasteiger partial charge in [-0.05, 0) is 13.8 Å². The highest BCUT2D eigenvalue weighted by atomic mass is 16.1. The van der Waals surface area contributed by atoms with Crippen LogP contribution >= 0.6 is 0 Å². The molecule has 0 spiro atoms. The minimum absolute atomic E-state index is 0. The molecular weight excluding hydrogens is 166 g/mol. The van der Waals surface area contributed by atoms with E-state index in [0.29, 0.717) is 11.4 Å². The molecule has 0 aliphatic heterocycles. The van der Waals surface area contributed by atoms with Crippen LogP contribution < -0.4 is 5.56 Å². The van der Waals surface area contributed by atoms with Crippen molar-refractivity contribution in [3.63, 3.8) is 0 Å². The largest absolute Gasteiger partial charge is 0.311 e. The fraction of sp³-hybridized carbons (Fsp3) is 0.444. The molecule has 0 saturated carbocycles. The molecule has 0 radical (unpaired) electrons. The van der Waals surface area contributed by atoms with Crippen LogP contribution in [-0.4, -0.2) is 16.2 Å². The lowest BCUT2D eigenvalue weighted by molar-refractivity contribution is 1.06. The molecule has 0 aliphatic rings. The van der Waals surface area contributed by atoms with Crippen LogP contribution in [0.15, 0.2) is 16.1 Å². The van der Waals surface area contributed by atoms with Crippen LogP contribution in [0.4, 0.5) is 5.69 Å². The van der Waals surface area contributed by atoms with E-state index in [1.807, 2.05) is 13.8 Å². The SMILES string of the molecule is CC.CC=Nc1c(C)nc[nH]c1=O.[HH]. The molecule has 4 heteroatoms. The first-order chi connectivity index (χ1) is 6.25. The van der Waals surface area contributed by atoms with Gasteiger partial charge in [-0.2, -0.15) is 0 Å². The fourth-order valence-electron chi connectivity index (χ4n) is 0.763. The van der Waals surface area contributed by atoms with Crippen molar-refractivity contribution in [1.29, 1.82) is 0 Å². The van der Waals surface area contributed by atoms with Gasteiger partial charge in [0.15, 0.2) is 0 Å². The van der Waals surface area contributed by atoms with Crippen molar-refractivity contribution < 1.29 is 1.43 Å². The lowest BCUT2D eigenvalue weighted by Gasteiger charge is -1.93. The molecule has 1 aromatic rings. The Morgan fingerprint density at radius 2 is 2.23 bits per heavy atom. The van der Waals surface area contributed by atoms with Gasteiger partial charge in [0, 0.05) is 7.64 Å². The van der Waals surface area contributed by atoms with Gasteiger partial charge in [0.1, 0.15) is 5.69 Å². The average Bonchev–Trinajstić information content (AvgIpc) is 2.15. The van der Waals surface area contributed by atoms with Crippen molar-refractivity contribution in [2.45, 2.75) is 27.7 Å². The second-order valence-electron chi connectivity index (χ2n) is 2.05. The highest BCUT2D eigenvalue weighted by Gasteiger charge is 1.99. The number of nitrogens with one attached hydrogen (secondary N) is 1. The minimum Gasteiger partial charge on any atom is -0.311 e. The summed E-state index contributed by atoms with van der Waals surface area (Å²) in [6, 6.07) is 0. The third-order valence-corrected chi connectivity index (χ3v) is 1.27. The molecule has 0 amide bonds. The van der Waals surface area contributed by atoms with Crippen LogP contribution in [0, 0.1) is 6.92 Å². The first-order valence-electron chi connectivity index (χ1n) is 4.28. The van der Waals surface area contributed by atoms with E-state index in [1.54, 1.807) is 20.1 Å². The molecule has 0 bridgehead atoms. The molecule has 0 aromatic carbocycles. The number of aryl methyl sites for hydroxylation is 1. The van der Waals surface area contributed by atoms with Gasteiger partial charge in [0.05, 0.1) is 12.0 Å². The Bertz CT molecular complexity index is 333. The maximum Gasteiger partial charge on any atom is 0.276 e. The predicted molar refractivity (Wildman–Crippen MR) is 56.9 cm³/mol. The van der Waals surface area contributed by atoms with Gasteiger partial charge < -0.3 is 4.98 Å². The van der Waals surface area contributed by atoms with Gasteiger partial charge in [0.25, 0.3) is 5.56 Å². The number of H-pyrrole nitrogens is 1. The summed E-state index contributed by atoms with van der Waals surface area (Å²) in [5, 5.41) is 0. The van der Waals surface area contributed by atoms with Crippen LogP contribution in [-0.2, 0) is 0 Å². The molecule has 0 unspecified atom stereocenters. The molecule has 0 aliphatic carbocycles. The van der Waals surface area contributed by atoms with Gasteiger partial charge in [-0.1, -0.05) is 13.8 Å². The summed E-state index contributed by atoms with van der Waals surface area (Å²) in [6.07, 6.45) is 2.94. The van der Waals surface area contributed by atoms with Crippen LogP contribution in [0.3, 0.4) is 0 Å². The zero-order valence-electron chi connectivity index (χ0n) is 8.46. The Labute approximate surface area is 79.2 Å². The molecule has 0 fully saturated rings. The molecule has 1 rings (SSSR count). The van der Waals surface area contributed by atoms with Crippen molar-refractivity contribution in [1.82, 2.24) is 9.97 Å². The molecule has 1 aromatic heterocycles. The smallest absolute Gasteiger partial charge is 0.276 e. The van der Waals surface area contributed by atoms with E-state index >= 15 is 0 Å². The summed E-state index contributed by atoms with van der Waals surface area (Å²) < 4.78 is 0. The zero-order valence-corrected chi connectivity index (χ0v) is 8.46. The Morgan fingerprint density at radius 1 is 1.62 bits per heavy atom. The number of aliphatic imine (C=N–C) groups is 1. The third kappa shape index (κ3) is 3.19. The van der Waals surface area contributed by atoms with Crippen molar-refractivity contribution in [3.8, 4) is 0 Å². The Balaban J connectivity index is 0. The first-order valence-corrected chi connectivity index (χ1v) is 4.28. The van der Waals surface area contributed by atoms with E-state index in [-0.39, 0.29) is 6.99 Å². The summed E-state index contributed by atoms with van der Waals surface area (Å²) >= 11 is 0. The number of aromatic amines is 1.